The van der Waals surface area contributed by atoms with Crippen LogP contribution in [0.3, 0.4) is 0 Å². The molecular weight excluding hydrogens is 380 g/mol. The SMILES string of the molecule is CC(C)(C)OC(=O)N(C(=O)OC(C)(C)C)c1c(C#N)ncn1C(=O)OC(C)(C)C. The molecule has 29 heavy (non-hydrogen) atoms. The van der Waals surface area contributed by atoms with E-state index in [4.69, 9.17) is 14.2 Å². The van der Waals surface area contributed by atoms with Crippen LogP contribution in [0.5, 0.6) is 0 Å². The minimum absolute atomic E-state index is 0.354. The molecule has 0 unspecified atom stereocenters. The summed E-state index contributed by atoms with van der Waals surface area (Å²) < 4.78 is 16.6. The second-order valence-corrected chi connectivity index (χ2v) is 9.18. The van der Waals surface area contributed by atoms with Crippen LogP contribution in [0.1, 0.15) is 68.0 Å². The first kappa shape index (κ1) is 23.9. The average Bonchev–Trinajstić information content (AvgIpc) is 2.85. The molecule has 1 rings (SSSR count). The van der Waals surface area contributed by atoms with Gasteiger partial charge in [0, 0.05) is 0 Å². The lowest BCUT2D eigenvalue weighted by Gasteiger charge is -2.29. The monoisotopic (exact) mass is 408 g/mol. The Balaban J connectivity index is 3.57. The molecule has 0 saturated carbocycles. The van der Waals surface area contributed by atoms with Crippen LogP contribution in [0, 0.1) is 11.3 Å². The summed E-state index contributed by atoms with van der Waals surface area (Å²) in [6.07, 6.45) is -2.20. The second kappa shape index (κ2) is 8.11. The van der Waals surface area contributed by atoms with E-state index in [0.29, 0.717) is 4.90 Å². The van der Waals surface area contributed by atoms with Crippen molar-refractivity contribution in [3.8, 4) is 6.07 Å². The van der Waals surface area contributed by atoms with Crippen LogP contribution in [-0.4, -0.2) is 44.6 Å². The summed E-state index contributed by atoms with van der Waals surface area (Å²) in [7, 11) is 0. The zero-order chi connectivity index (χ0) is 22.8. The topological polar surface area (TPSA) is 124 Å². The van der Waals surface area contributed by atoms with Crippen molar-refractivity contribution in [1.82, 2.24) is 9.55 Å². The van der Waals surface area contributed by atoms with Crippen molar-refractivity contribution >= 4 is 24.1 Å². The normalized spacial score (nSPS) is 12.0. The fraction of sp³-hybridized carbons (Fsp3) is 0.632. The van der Waals surface area contributed by atoms with Crippen molar-refractivity contribution < 1.29 is 28.6 Å². The van der Waals surface area contributed by atoms with Gasteiger partial charge in [-0.25, -0.2) is 23.9 Å². The van der Waals surface area contributed by atoms with Crippen molar-refractivity contribution in [3.63, 3.8) is 0 Å². The van der Waals surface area contributed by atoms with E-state index in [1.165, 1.54) is 0 Å². The molecule has 1 heterocycles. The van der Waals surface area contributed by atoms with Gasteiger partial charge >= 0.3 is 18.3 Å². The standard InChI is InChI=1S/C19H28N4O6/c1-17(2,3)27-14(24)22-11-21-12(10-20)13(22)23(15(25)28-18(4,5)6)16(26)29-19(7,8)9/h11H,1-9H3. The summed E-state index contributed by atoms with van der Waals surface area (Å²) in [5, 5.41) is 9.41. The van der Waals surface area contributed by atoms with Gasteiger partial charge in [-0.2, -0.15) is 10.2 Å². The third kappa shape index (κ3) is 7.10. The molecule has 0 spiro atoms. The molecular formula is C19H28N4O6. The lowest BCUT2D eigenvalue weighted by molar-refractivity contribution is 0.0425. The summed E-state index contributed by atoms with van der Waals surface area (Å²) in [4.78, 5) is 42.5. The fourth-order valence-corrected chi connectivity index (χ4v) is 1.94. The molecule has 160 valence electrons. The molecule has 1 aromatic heterocycles. The molecule has 0 aromatic carbocycles. The van der Waals surface area contributed by atoms with Crippen LogP contribution < -0.4 is 4.90 Å². The van der Waals surface area contributed by atoms with Crippen molar-refractivity contribution in [2.75, 3.05) is 4.90 Å². The number of aromatic nitrogens is 2. The molecule has 1 aromatic rings. The number of ether oxygens (including phenoxy) is 3. The first-order valence-electron chi connectivity index (χ1n) is 8.92. The summed E-state index contributed by atoms with van der Waals surface area (Å²) >= 11 is 0. The van der Waals surface area contributed by atoms with Crippen LogP contribution in [-0.2, 0) is 14.2 Å². The Morgan fingerprint density at radius 1 is 0.897 bits per heavy atom. The van der Waals surface area contributed by atoms with E-state index in [1.54, 1.807) is 68.4 Å². The van der Waals surface area contributed by atoms with Crippen LogP contribution >= 0.6 is 0 Å². The maximum Gasteiger partial charge on any atom is 0.425 e. The van der Waals surface area contributed by atoms with Crippen LogP contribution in [0.15, 0.2) is 6.33 Å². The molecule has 0 aliphatic carbocycles. The number of carbonyl (C=O) groups excluding carboxylic acids is 3. The average molecular weight is 408 g/mol. The predicted molar refractivity (Wildman–Crippen MR) is 104 cm³/mol. The first-order chi connectivity index (χ1) is 12.9. The molecule has 0 atom stereocenters. The van der Waals surface area contributed by atoms with Gasteiger partial charge in [-0.15, -0.1) is 0 Å². The molecule has 0 saturated heterocycles. The van der Waals surface area contributed by atoms with Crippen molar-refractivity contribution in [1.29, 1.82) is 5.26 Å². The number of nitriles is 1. The van der Waals surface area contributed by atoms with E-state index >= 15 is 0 Å². The number of nitrogens with zero attached hydrogens (tertiary/aromatic N) is 4. The highest BCUT2D eigenvalue weighted by Crippen LogP contribution is 2.26. The number of hydrogen-bond donors (Lipinski definition) is 0. The Bertz CT molecular complexity index is 803. The second-order valence-electron chi connectivity index (χ2n) is 9.18. The molecule has 0 bridgehead atoms. The molecule has 0 radical (unpaired) electrons. The number of amides is 2. The van der Waals surface area contributed by atoms with Crippen molar-refractivity contribution in [2.24, 2.45) is 0 Å². The number of imide groups is 1. The van der Waals surface area contributed by atoms with E-state index in [-0.39, 0.29) is 5.69 Å². The minimum atomic E-state index is -1.13. The van der Waals surface area contributed by atoms with Gasteiger partial charge in [0.1, 0.15) is 29.2 Å². The van der Waals surface area contributed by atoms with E-state index in [9.17, 15) is 19.6 Å². The van der Waals surface area contributed by atoms with Crippen molar-refractivity contribution in [3.05, 3.63) is 12.0 Å². The van der Waals surface area contributed by atoms with Crippen molar-refractivity contribution in [2.45, 2.75) is 79.1 Å². The van der Waals surface area contributed by atoms with E-state index in [1.807, 2.05) is 0 Å². The summed E-state index contributed by atoms with van der Waals surface area (Å²) in [5.41, 5.74) is -3.14. The molecule has 0 N–H and O–H groups in total. The highest BCUT2D eigenvalue weighted by atomic mass is 16.6. The number of anilines is 1. The quantitative estimate of drug-likeness (QED) is 0.633. The number of hydrogen-bond acceptors (Lipinski definition) is 8. The van der Waals surface area contributed by atoms with Crippen LogP contribution in [0.25, 0.3) is 0 Å². The Hall–Kier alpha value is -3.09. The van der Waals surface area contributed by atoms with E-state index < -0.39 is 40.9 Å². The van der Waals surface area contributed by atoms with Gasteiger partial charge < -0.3 is 14.2 Å². The summed E-state index contributed by atoms with van der Waals surface area (Å²) in [6, 6.07) is 1.75. The van der Waals surface area contributed by atoms with Gasteiger partial charge in [0.15, 0.2) is 11.5 Å². The smallest absolute Gasteiger partial charge is 0.425 e. The van der Waals surface area contributed by atoms with Gasteiger partial charge in [0.05, 0.1) is 0 Å². The van der Waals surface area contributed by atoms with Gasteiger partial charge in [-0.3, -0.25) is 0 Å². The third-order valence-electron chi connectivity index (χ3n) is 2.80. The lowest BCUT2D eigenvalue weighted by Crippen LogP contribution is -2.45. The molecule has 10 heteroatoms. The first-order valence-corrected chi connectivity index (χ1v) is 8.92. The van der Waals surface area contributed by atoms with Gasteiger partial charge in [0.2, 0.25) is 0 Å². The zero-order valence-electron chi connectivity index (χ0n) is 18.3. The molecule has 10 nitrogen and oxygen atoms in total. The Morgan fingerprint density at radius 3 is 1.66 bits per heavy atom. The number of imidazole rings is 1. The van der Waals surface area contributed by atoms with Gasteiger partial charge in [-0.1, -0.05) is 0 Å². The minimum Gasteiger partial charge on any atom is -0.443 e. The molecule has 0 aliphatic heterocycles. The van der Waals surface area contributed by atoms with Crippen LogP contribution in [0.4, 0.5) is 20.2 Å². The number of carbonyl (C=O) groups is 3. The number of rotatable bonds is 1. The highest BCUT2D eigenvalue weighted by molar-refractivity contribution is 6.10. The molecule has 2 amide bonds. The Kier molecular flexibility index (Phi) is 6.70. The Labute approximate surface area is 170 Å². The Morgan fingerprint density at radius 2 is 1.31 bits per heavy atom. The maximum atomic E-state index is 12.8. The zero-order valence-corrected chi connectivity index (χ0v) is 18.3. The predicted octanol–water partition coefficient (Wildman–Crippen LogP) is 4.21. The van der Waals surface area contributed by atoms with Gasteiger partial charge in [0.25, 0.3) is 0 Å². The third-order valence-corrected chi connectivity index (χ3v) is 2.80. The highest BCUT2D eigenvalue weighted by Gasteiger charge is 2.38. The van der Waals surface area contributed by atoms with Gasteiger partial charge in [-0.05, 0) is 62.3 Å². The molecule has 0 fully saturated rings. The fourth-order valence-electron chi connectivity index (χ4n) is 1.94. The maximum absolute atomic E-state index is 12.8. The lowest BCUT2D eigenvalue weighted by atomic mass is 10.2. The summed E-state index contributed by atoms with van der Waals surface area (Å²) in [5.74, 6) is -0.426. The molecule has 0 aliphatic rings. The van der Waals surface area contributed by atoms with E-state index in [2.05, 4.69) is 4.98 Å². The van der Waals surface area contributed by atoms with Crippen LogP contribution in [0.2, 0.25) is 0 Å². The largest absolute Gasteiger partial charge is 0.443 e. The summed E-state index contributed by atoms with van der Waals surface area (Å²) in [6.45, 7) is 14.6. The van der Waals surface area contributed by atoms with E-state index in [0.717, 1.165) is 10.9 Å².